The second-order valence-electron chi connectivity index (χ2n) is 7.08. The van der Waals surface area contributed by atoms with E-state index in [0.29, 0.717) is 12.8 Å². The average Bonchev–Trinajstić information content (AvgIpc) is 2.66. The van der Waals surface area contributed by atoms with Gasteiger partial charge in [-0.05, 0) is 12.8 Å². The highest BCUT2D eigenvalue weighted by Gasteiger charge is 2.41. The third-order valence-corrected chi connectivity index (χ3v) is 4.23. The van der Waals surface area contributed by atoms with Crippen LogP contribution < -0.4 is 0 Å². The van der Waals surface area contributed by atoms with Gasteiger partial charge in [0.2, 0.25) is 0 Å². The van der Waals surface area contributed by atoms with Crippen molar-refractivity contribution in [3.63, 3.8) is 0 Å². The second-order valence-corrected chi connectivity index (χ2v) is 7.08. The Kier molecular flexibility index (Phi) is 13.8. The molecular weight excluding hydrogens is 420 g/mol. The fraction of sp³-hybridized carbons (Fsp3) is 0.737. The minimum atomic E-state index is -2.85. The number of ether oxygens (including phenoxy) is 2. The standard InChI is InChI=1S/C19H30O12/c20-11-13(12-30-17(26)10-19(29,18(27)28)9-15(23)24)31-16(25)8-6-4-2-1-3-5-7-14(21)22/h13,20,29H,1-12H2,(H,21,22)(H,23,24)(H,27,28). The second kappa shape index (κ2) is 15.1. The average molecular weight is 450 g/mol. The topological polar surface area (TPSA) is 205 Å². The molecule has 0 rings (SSSR count). The first-order chi connectivity index (χ1) is 14.5. The normalized spacial score (nSPS) is 13.6. The minimum absolute atomic E-state index is 0.0664. The number of hydrogen-bond acceptors (Lipinski definition) is 9. The van der Waals surface area contributed by atoms with Gasteiger partial charge in [0.05, 0.1) is 19.4 Å². The van der Waals surface area contributed by atoms with Gasteiger partial charge in [0.15, 0.2) is 11.7 Å². The van der Waals surface area contributed by atoms with Gasteiger partial charge in [-0.1, -0.05) is 25.7 Å². The molecule has 0 aromatic rings. The lowest BCUT2D eigenvalue weighted by Gasteiger charge is -2.21. The fourth-order valence-corrected chi connectivity index (χ4v) is 2.56. The van der Waals surface area contributed by atoms with Crippen molar-refractivity contribution in [1.82, 2.24) is 0 Å². The summed E-state index contributed by atoms with van der Waals surface area (Å²) in [6.07, 6.45) is 0.999. The summed E-state index contributed by atoms with van der Waals surface area (Å²) in [6.45, 7) is -1.26. The fourth-order valence-electron chi connectivity index (χ4n) is 2.56. The highest BCUT2D eigenvalue weighted by molar-refractivity contribution is 5.88. The molecule has 0 bridgehead atoms. The minimum Gasteiger partial charge on any atom is -0.481 e. The number of aliphatic hydroxyl groups is 2. The first-order valence-electron chi connectivity index (χ1n) is 9.85. The highest BCUT2D eigenvalue weighted by Crippen LogP contribution is 2.17. The molecule has 5 N–H and O–H groups in total. The maximum Gasteiger partial charge on any atom is 0.336 e. The van der Waals surface area contributed by atoms with Crippen LogP contribution in [-0.2, 0) is 33.4 Å². The molecule has 0 aliphatic rings. The zero-order chi connectivity index (χ0) is 23.9. The number of carbonyl (C=O) groups is 5. The van der Waals surface area contributed by atoms with Gasteiger partial charge in [0.1, 0.15) is 6.61 Å². The predicted octanol–water partition coefficient (Wildman–Crippen LogP) is 0.320. The molecule has 12 heteroatoms. The molecule has 0 saturated carbocycles. The highest BCUT2D eigenvalue weighted by atomic mass is 16.6. The third-order valence-electron chi connectivity index (χ3n) is 4.23. The summed E-state index contributed by atoms with van der Waals surface area (Å²) in [5.74, 6) is -6.22. The van der Waals surface area contributed by atoms with Crippen molar-refractivity contribution in [1.29, 1.82) is 0 Å². The van der Waals surface area contributed by atoms with Crippen molar-refractivity contribution in [2.24, 2.45) is 0 Å². The molecule has 0 aromatic heterocycles. The first kappa shape index (κ1) is 28.3. The van der Waals surface area contributed by atoms with Crippen LogP contribution in [-0.4, -0.2) is 80.3 Å². The van der Waals surface area contributed by atoms with E-state index in [1.807, 2.05) is 0 Å². The van der Waals surface area contributed by atoms with Crippen LogP contribution in [0.3, 0.4) is 0 Å². The zero-order valence-electron chi connectivity index (χ0n) is 17.2. The smallest absolute Gasteiger partial charge is 0.336 e. The summed E-state index contributed by atoms with van der Waals surface area (Å²) >= 11 is 0. The van der Waals surface area contributed by atoms with Gasteiger partial charge in [-0.2, -0.15) is 0 Å². The molecule has 0 amide bonds. The maximum atomic E-state index is 11.8. The number of aliphatic carboxylic acids is 3. The van der Waals surface area contributed by atoms with E-state index in [1.54, 1.807) is 0 Å². The summed E-state index contributed by atoms with van der Waals surface area (Å²) < 4.78 is 9.65. The molecule has 2 unspecified atom stereocenters. The van der Waals surface area contributed by atoms with E-state index in [9.17, 15) is 34.2 Å². The summed E-state index contributed by atoms with van der Waals surface area (Å²) in [4.78, 5) is 55.5. The van der Waals surface area contributed by atoms with Crippen molar-refractivity contribution < 1.29 is 59.0 Å². The van der Waals surface area contributed by atoms with E-state index in [1.165, 1.54) is 0 Å². The lowest BCUT2D eigenvalue weighted by atomic mass is 9.96. The van der Waals surface area contributed by atoms with Crippen molar-refractivity contribution in [2.45, 2.75) is 75.9 Å². The number of esters is 2. The van der Waals surface area contributed by atoms with Crippen LogP contribution in [0.1, 0.15) is 64.2 Å². The summed E-state index contributed by atoms with van der Waals surface area (Å²) in [6, 6.07) is 0. The van der Waals surface area contributed by atoms with E-state index in [4.69, 9.17) is 20.1 Å². The SMILES string of the molecule is O=C(O)CCCCCCCCC(=O)OC(CO)COC(=O)CC(O)(CC(=O)O)C(=O)O. The summed E-state index contributed by atoms with van der Waals surface area (Å²) in [5.41, 5.74) is -2.85. The van der Waals surface area contributed by atoms with Gasteiger partial charge < -0.3 is 35.0 Å². The largest absolute Gasteiger partial charge is 0.481 e. The quantitative estimate of drug-likeness (QED) is 0.141. The van der Waals surface area contributed by atoms with Gasteiger partial charge in [0.25, 0.3) is 0 Å². The Morgan fingerprint density at radius 3 is 1.77 bits per heavy atom. The van der Waals surface area contributed by atoms with E-state index in [0.717, 1.165) is 25.7 Å². The number of unbranched alkanes of at least 4 members (excludes halogenated alkanes) is 5. The summed E-state index contributed by atoms with van der Waals surface area (Å²) in [5, 5.41) is 45.1. The molecule has 31 heavy (non-hydrogen) atoms. The Morgan fingerprint density at radius 1 is 0.742 bits per heavy atom. The molecule has 0 spiro atoms. The molecule has 0 fully saturated rings. The number of carboxylic acids is 3. The van der Waals surface area contributed by atoms with Gasteiger partial charge >= 0.3 is 29.8 Å². The number of aliphatic hydroxyl groups excluding tert-OH is 1. The molecule has 0 saturated heterocycles. The summed E-state index contributed by atoms with van der Waals surface area (Å²) in [7, 11) is 0. The maximum absolute atomic E-state index is 11.8. The molecule has 178 valence electrons. The monoisotopic (exact) mass is 450 g/mol. The van der Waals surface area contributed by atoms with Crippen LogP contribution in [0.5, 0.6) is 0 Å². The van der Waals surface area contributed by atoms with Gasteiger partial charge in [-0.15, -0.1) is 0 Å². The van der Waals surface area contributed by atoms with E-state index in [-0.39, 0.29) is 12.8 Å². The lowest BCUT2D eigenvalue weighted by Crippen LogP contribution is -2.43. The van der Waals surface area contributed by atoms with Crippen molar-refractivity contribution in [3.8, 4) is 0 Å². The molecule has 12 nitrogen and oxygen atoms in total. The van der Waals surface area contributed by atoms with Crippen LogP contribution >= 0.6 is 0 Å². The Hall–Kier alpha value is -2.73. The number of carboxylic acid groups (broad SMARTS) is 3. The molecule has 0 radical (unpaired) electrons. The number of carbonyl (C=O) groups excluding carboxylic acids is 2. The van der Waals surface area contributed by atoms with Crippen LogP contribution in [0.2, 0.25) is 0 Å². The Balaban J connectivity index is 4.17. The van der Waals surface area contributed by atoms with Crippen molar-refractivity contribution in [3.05, 3.63) is 0 Å². The van der Waals surface area contributed by atoms with Crippen LogP contribution in [0.25, 0.3) is 0 Å². The van der Waals surface area contributed by atoms with Crippen molar-refractivity contribution in [2.75, 3.05) is 13.2 Å². The van der Waals surface area contributed by atoms with E-state index >= 15 is 0 Å². The van der Waals surface area contributed by atoms with Crippen LogP contribution in [0.4, 0.5) is 0 Å². The Bertz CT molecular complexity index is 617. The zero-order valence-corrected chi connectivity index (χ0v) is 17.2. The molecule has 0 aliphatic carbocycles. The predicted molar refractivity (Wildman–Crippen MR) is 102 cm³/mol. The third kappa shape index (κ3) is 14.0. The van der Waals surface area contributed by atoms with E-state index in [2.05, 4.69) is 4.74 Å². The first-order valence-corrected chi connectivity index (χ1v) is 9.85. The number of hydrogen-bond donors (Lipinski definition) is 5. The van der Waals surface area contributed by atoms with E-state index < -0.39 is 67.6 Å². The molecule has 0 aromatic carbocycles. The molecule has 0 aliphatic heterocycles. The Morgan fingerprint density at radius 2 is 1.29 bits per heavy atom. The lowest BCUT2D eigenvalue weighted by molar-refractivity contribution is -0.174. The molecule has 2 atom stereocenters. The van der Waals surface area contributed by atoms with Crippen LogP contribution in [0, 0.1) is 0 Å². The molecule has 0 heterocycles. The Labute approximate surface area is 178 Å². The number of rotatable bonds is 18. The van der Waals surface area contributed by atoms with Gasteiger partial charge in [0, 0.05) is 12.8 Å². The van der Waals surface area contributed by atoms with Gasteiger partial charge in [-0.3, -0.25) is 19.2 Å². The van der Waals surface area contributed by atoms with Crippen molar-refractivity contribution >= 4 is 29.8 Å². The van der Waals surface area contributed by atoms with Crippen LogP contribution in [0.15, 0.2) is 0 Å². The molecular formula is C19H30O12. The van der Waals surface area contributed by atoms with Gasteiger partial charge in [-0.25, -0.2) is 4.79 Å².